The zero-order valence-corrected chi connectivity index (χ0v) is 20.6. The Kier molecular flexibility index (Phi) is 7.14. The lowest BCUT2D eigenvalue weighted by atomic mass is 9.80. The van der Waals surface area contributed by atoms with Gasteiger partial charge in [-0.05, 0) is 42.0 Å². The van der Waals surface area contributed by atoms with Crippen molar-refractivity contribution in [1.82, 2.24) is 19.7 Å². The predicted molar refractivity (Wildman–Crippen MR) is 133 cm³/mol. The number of aromatic nitrogens is 1. The van der Waals surface area contributed by atoms with Crippen LogP contribution in [0, 0.1) is 5.92 Å². The third-order valence-electron chi connectivity index (χ3n) is 6.88. The number of nitrogen functional groups attached to an aromatic ring is 1. The smallest absolute Gasteiger partial charge is 0.253 e. The molecule has 3 atom stereocenters. The van der Waals surface area contributed by atoms with E-state index in [9.17, 15) is 19.2 Å². The average Bonchev–Trinajstić information content (AvgIpc) is 3.21. The maximum Gasteiger partial charge on any atom is 0.253 e. The Morgan fingerprint density at radius 2 is 1.92 bits per heavy atom. The highest BCUT2D eigenvalue weighted by Gasteiger charge is 2.55. The molecule has 1 aromatic heterocycles. The molecule has 36 heavy (non-hydrogen) atoms. The Balaban J connectivity index is 1.59. The summed E-state index contributed by atoms with van der Waals surface area (Å²) in [5.74, 6) is -1.83. The second-order valence-corrected chi connectivity index (χ2v) is 9.13. The molecule has 0 aliphatic carbocycles. The first kappa shape index (κ1) is 25.0. The second-order valence-electron chi connectivity index (χ2n) is 9.13. The van der Waals surface area contributed by atoms with Crippen molar-refractivity contribution >= 4 is 35.4 Å². The van der Waals surface area contributed by atoms with Crippen LogP contribution in [0.3, 0.4) is 0 Å². The summed E-state index contributed by atoms with van der Waals surface area (Å²) in [7, 11) is 3.04. The molecule has 0 radical (unpaired) electrons. The Morgan fingerprint density at radius 3 is 2.53 bits per heavy atom. The first-order valence-corrected chi connectivity index (χ1v) is 11.9. The molecule has 188 valence electrons. The maximum absolute atomic E-state index is 13.6. The SMILES string of the molecule is CC[C@@H](CC(=O)N1C(=O)[C@H](Cc2ccnc(N)c2)[C@H]1C(=O)N(C)C1=NCC(=O)N1C)c1ccccc1. The van der Waals surface area contributed by atoms with Gasteiger partial charge in [-0.1, -0.05) is 37.3 Å². The normalized spacial score (nSPS) is 20.1. The number of β-lactam (4-membered cyclic amide) rings is 1. The van der Waals surface area contributed by atoms with Crippen molar-refractivity contribution in [3.8, 4) is 0 Å². The zero-order chi connectivity index (χ0) is 26.0. The van der Waals surface area contributed by atoms with Gasteiger partial charge in [0.2, 0.25) is 17.8 Å². The fraction of sp³-hybridized carbons (Fsp3) is 0.385. The molecule has 10 heteroatoms. The van der Waals surface area contributed by atoms with Gasteiger partial charge in [-0.15, -0.1) is 0 Å². The highest BCUT2D eigenvalue weighted by Crippen LogP contribution is 2.35. The molecular weight excluding hydrogens is 460 g/mol. The summed E-state index contributed by atoms with van der Waals surface area (Å²) in [6.07, 6.45) is 2.59. The number of amides is 4. The lowest BCUT2D eigenvalue weighted by Gasteiger charge is -2.46. The number of nitrogens with two attached hydrogens (primary N) is 1. The summed E-state index contributed by atoms with van der Waals surface area (Å²) in [6.45, 7) is 1.94. The van der Waals surface area contributed by atoms with Crippen molar-refractivity contribution < 1.29 is 19.2 Å². The number of likely N-dealkylation sites (tertiary alicyclic amines) is 1. The van der Waals surface area contributed by atoms with E-state index in [0.717, 1.165) is 16.0 Å². The number of rotatable bonds is 7. The fourth-order valence-electron chi connectivity index (χ4n) is 4.81. The number of guanidine groups is 1. The number of anilines is 1. The number of carbonyl (C=O) groups is 4. The number of nitrogens with zero attached hydrogens (tertiary/aromatic N) is 5. The maximum atomic E-state index is 13.6. The van der Waals surface area contributed by atoms with Crippen molar-refractivity contribution in [3.05, 3.63) is 59.8 Å². The van der Waals surface area contributed by atoms with Gasteiger partial charge in [-0.3, -0.25) is 33.9 Å². The number of carbonyl (C=O) groups excluding carboxylic acids is 4. The Labute approximate surface area is 209 Å². The second kappa shape index (κ2) is 10.3. The van der Waals surface area contributed by atoms with Gasteiger partial charge < -0.3 is 5.73 Å². The minimum absolute atomic E-state index is 0.0509. The largest absolute Gasteiger partial charge is 0.384 e. The molecule has 1 aromatic carbocycles. The first-order valence-electron chi connectivity index (χ1n) is 11.9. The number of likely N-dealkylation sites (N-methyl/N-ethyl adjacent to an activating group) is 2. The van der Waals surface area contributed by atoms with Crippen LogP contribution in [0.5, 0.6) is 0 Å². The van der Waals surface area contributed by atoms with E-state index in [-0.39, 0.29) is 37.2 Å². The molecule has 0 bridgehead atoms. The third-order valence-corrected chi connectivity index (χ3v) is 6.88. The number of aliphatic imine (C=N–C) groups is 1. The molecule has 2 aliphatic rings. The van der Waals surface area contributed by atoms with Gasteiger partial charge in [-0.2, -0.15) is 0 Å². The molecule has 2 N–H and O–H groups in total. The van der Waals surface area contributed by atoms with Crippen molar-refractivity contribution in [2.75, 3.05) is 26.4 Å². The van der Waals surface area contributed by atoms with Crippen LogP contribution in [0.4, 0.5) is 5.82 Å². The van der Waals surface area contributed by atoms with Crippen molar-refractivity contribution in [2.24, 2.45) is 10.9 Å². The Hall–Kier alpha value is -4.08. The summed E-state index contributed by atoms with van der Waals surface area (Å²) >= 11 is 0. The number of pyridine rings is 1. The minimum Gasteiger partial charge on any atom is -0.384 e. The number of benzene rings is 1. The van der Waals surface area contributed by atoms with Crippen LogP contribution in [0.25, 0.3) is 0 Å². The summed E-state index contributed by atoms with van der Waals surface area (Å²) in [5.41, 5.74) is 7.54. The molecule has 4 amide bonds. The minimum atomic E-state index is -1.01. The molecule has 0 spiro atoms. The Bertz CT molecular complexity index is 1210. The summed E-state index contributed by atoms with van der Waals surface area (Å²) in [6, 6.07) is 12.0. The van der Waals surface area contributed by atoms with E-state index in [1.54, 1.807) is 18.3 Å². The van der Waals surface area contributed by atoms with Gasteiger partial charge in [0, 0.05) is 26.7 Å². The monoisotopic (exact) mass is 490 g/mol. The van der Waals surface area contributed by atoms with E-state index in [0.29, 0.717) is 12.2 Å². The molecule has 4 rings (SSSR count). The fourth-order valence-corrected chi connectivity index (χ4v) is 4.81. The number of hydrogen-bond acceptors (Lipinski definition) is 7. The van der Waals surface area contributed by atoms with Crippen LogP contribution in [-0.2, 0) is 25.6 Å². The quantitative estimate of drug-likeness (QED) is 0.585. The van der Waals surface area contributed by atoms with Crippen LogP contribution in [-0.4, -0.2) is 76.0 Å². The molecule has 0 unspecified atom stereocenters. The van der Waals surface area contributed by atoms with Gasteiger partial charge in [0.05, 0.1) is 5.92 Å². The molecular formula is C26H30N6O4. The van der Waals surface area contributed by atoms with Gasteiger partial charge in [0.1, 0.15) is 18.4 Å². The molecule has 1 fully saturated rings. The first-order chi connectivity index (χ1) is 17.2. The highest BCUT2D eigenvalue weighted by molar-refractivity contribution is 6.14. The van der Waals surface area contributed by atoms with Crippen molar-refractivity contribution in [2.45, 2.75) is 38.1 Å². The highest BCUT2D eigenvalue weighted by atomic mass is 16.2. The Morgan fingerprint density at radius 1 is 1.19 bits per heavy atom. The molecule has 2 aliphatic heterocycles. The van der Waals surface area contributed by atoms with Crippen molar-refractivity contribution in [1.29, 1.82) is 0 Å². The summed E-state index contributed by atoms with van der Waals surface area (Å²) < 4.78 is 0. The molecule has 2 aromatic rings. The molecule has 3 heterocycles. The molecule has 10 nitrogen and oxygen atoms in total. The van der Waals surface area contributed by atoms with E-state index in [2.05, 4.69) is 9.98 Å². The van der Waals surface area contributed by atoms with Gasteiger partial charge in [-0.25, -0.2) is 9.98 Å². The summed E-state index contributed by atoms with van der Waals surface area (Å²) in [4.78, 5) is 64.0. The van der Waals surface area contributed by atoms with Crippen LogP contribution in [0.1, 0.15) is 36.8 Å². The van der Waals surface area contributed by atoms with Crippen LogP contribution in [0.15, 0.2) is 53.7 Å². The lowest BCUT2D eigenvalue weighted by molar-refractivity contribution is -0.173. The lowest BCUT2D eigenvalue weighted by Crippen LogP contribution is -2.69. The number of hydrogen-bond donors (Lipinski definition) is 1. The van der Waals surface area contributed by atoms with Gasteiger partial charge >= 0.3 is 0 Å². The van der Waals surface area contributed by atoms with E-state index in [1.165, 1.54) is 23.9 Å². The van der Waals surface area contributed by atoms with Crippen molar-refractivity contribution in [3.63, 3.8) is 0 Å². The van der Waals surface area contributed by atoms with E-state index in [4.69, 9.17) is 5.73 Å². The summed E-state index contributed by atoms with van der Waals surface area (Å²) in [5, 5.41) is 0. The van der Waals surface area contributed by atoms with E-state index in [1.807, 2.05) is 37.3 Å². The third kappa shape index (κ3) is 4.71. The van der Waals surface area contributed by atoms with Gasteiger partial charge in [0.25, 0.3) is 11.8 Å². The predicted octanol–water partition coefficient (Wildman–Crippen LogP) is 1.43. The average molecular weight is 491 g/mol. The van der Waals surface area contributed by atoms with E-state index < -0.39 is 29.7 Å². The standard InChI is InChI=1S/C26H30N6O4/c1-4-17(18-8-6-5-7-9-18)14-21(33)32-23(25(36)31(3)26-29-15-22(34)30(26)2)19(24(32)35)12-16-10-11-28-20(27)13-16/h5-11,13,17,19,23H,4,12,14-15H2,1-3H3,(H2,27,28)/t17-,19+,23-/m0/s1. The van der Waals surface area contributed by atoms with Crippen LogP contribution in [0.2, 0.25) is 0 Å². The topological polar surface area (TPSA) is 129 Å². The van der Waals surface area contributed by atoms with Gasteiger partial charge in [0.15, 0.2) is 0 Å². The van der Waals surface area contributed by atoms with Crippen LogP contribution < -0.4 is 5.73 Å². The van der Waals surface area contributed by atoms with E-state index >= 15 is 0 Å². The molecule has 1 saturated heterocycles. The van der Waals surface area contributed by atoms with Crippen LogP contribution >= 0.6 is 0 Å². The zero-order valence-electron chi connectivity index (χ0n) is 20.6. The number of imide groups is 1. The molecule has 0 saturated carbocycles.